The second-order valence-electron chi connectivity index (χ2n) is 7.33. The Morgan fingerprint density at radius 2 is 1.77 bits per heavy atom. The first-order valence-electron chi connectivity index (χ1n) is 9.13. The van der Waals surface area contributed by atoms with Crippen LogP contribution in [-0.4, -0.2) is 28.0 Å². The Kier molecular flexibility index (Phi) is 4.05. The Hall–Kier alpha value is -1.79. The number of benzene rings is 2. The molecule has 3 nitrogen and oxygen atoms in total. The number of hydrogen-bond donors (Lipinski definition) is 0. The molecule has 26 heavy (non-hydrogen) atoms. The van der Waals surface area contributed by atoms with E-state index in [9.17, 15) is 0 Å². The lowest BCUT2D eigenvalue weighted by Gasteiger charge is -2.39. The standard InChI is InChI=1S/C22H20IN3/c23-19-4-2-18(3-5-19)22-7-11-26(12-8-22)15-17-13-16(1-6-20(17)22)21-14-24-9-10-25-21/h1-6,9-10,13-14H,7-8,11-12,15H2. The number of hydrogen-bond acceptors (Lipinski definition) is 3. The van der Waals surface area contributed by atoms with Crippen molar-refractivity contribution in [1.82, 2.24) is 14.9 Å². The highest BCUT2D eigenvalue weighted by Gasteiger charge is 2.42. The van der Waals surface area contributed by atoms with E-state index in [1.165, 1.54) is 46.2 Å². The first-order valence-corrected chi connectivity index (χ1v) is 10.2. The quantitative estimate of drug-likeness (QED) is 0.530. The second-order valence-corrected chi connectivity index (χ2v) is 8.57. The molecule has 0 spiro atoms. The van der Waals surface area contributed by atoms with Gasteiger partial charge in [0.05, 0.1) is 11.9 Å². The van der Waals surface area contributed by atoms with Crippen LogP contribution >= 0.6 is 22.6 Å². The van der Waals surface area contributed by atoms with Crippen LogP contribution in [0.25, 0.3) is 11.3 Å². The number of fused-ring (bicyclic) bond motifs is 2. The maximum atomic E-state index is 4.48. The normalized spacial score (nSPS) is 24.1. The third kappa shape index (κ3) is 2.67. The van der Waals surface area contributed by atoms with Gasteiger partial charge in [-0.2, -0.15) is 0 Å². The number of piperidine rings is 1. The maximum Gasteiger partial charge on any atom is 0.0885 e. The molecule has 3 aromatic rings. The highest BCUT2D eigenvalue weighted by Crippen LogP contribution is 2.46. The lowest BCUT2D eigenvalue weighted by molar-refractivity contribution is 0.190. The van der Waals surface area contributed by atoms with Crippen molar-refractivity contribution in [3.05, 3.63) is 81.3 Å². The number of rotatable bonds is 2. The van der Waals surface area contributed by atoms with Crippen LogP contribution in [0.5, 0.6) is 0 Å². The molecule has 130 valence electrons. The van der Waals surface area contributed by atoms with Crippen LogP contribution in [0, 0.1) is 3.57 Å². The van der Waals surface area contributed by atoms with Crippen molar-refractivity contribution in [3.63, 3.8) is 0 Å². The summed E-state index contributed by atoms with van der Waals surface area (Å²) in [6.07, 6.45) is 7.74. The molecule has 0 amide bonds. The lowest BCUT2D eigenvalue weighted by Crippen LogP contribution is -2.39. The molecule has 0 saturated carbocycles. The van der Waals surface area contributed by atoms with Crippen LogP contribution in [0.2, 0.25) is 0 Å². The van der Waals surface area contributed by atoms with E-state index in [0.717, 1.165) is 17.8 Å². The highest BCUT2D eigenvalue weighted by molar-refractivity contribution is 14.1. The fraction of sp³-hybridized carbons (Fsp3) is 0.273. The molecular weight excluding hydrogens is 433 g/mol. The zero-order valence-corrected chi connectivity index (χ0v) is 16.7. The molecule has 2 bridgehead atoms. The third-order valence-corrected chi connectivity index (χ3v) is 6.70. The molecule has 1 saturated heterocycles. The Labute approximate surface area is 167 Å². The molecule has 6 rings (SSSR count). The zero-order valence-electron chi connectivity index (χ0n) is 14.5. The van der Waals surface area contributed by atoms with Gasteiger partial charge in [-0.05, 0) is 83.4 Å². The Balaban J connectivity index is 1.66. The summed E-state index contributed by atoms with van der Waals surface area (Å²) in [4.78, 5) is 11.3. The Bertz CT molecular complexity index is 929. The lowest BCUT2D eigenvalue weighted by atomic mass is 9.68. The first-order chi connectivity index (χ1) is 12.7. The molecule has 0 unspecified atom stereocenters. The van der Waals surface area contributed by atoms with E-state index in [1.807, 2.05) is 6.20 Å². The summed E-state index contributed by atoms with van der Waals surface area (Å²) in [5.41, 5.74) is 6.68. The molecule has 3 aliphatic rings. The molecular formula is C22H20IN3. The van der Waals surface area contributed by atoms with Gasteiger partial charge in [-0.3, -0.25) is 14.9 Å². The summed E-state index contributed by atoms with van der Waals surface area (Å²) in [5.74, 6) is 0. The van der Waals surface area contributed by atoms with Crippen molar-refractivity contribution in [2.75, 3.05) is 13.1 Å². The summed E-state index contributed by atoms with van der Waals surface area (Å²) in [7, 11) is 0. The van der Waals surface area contributed by atoms with E-state index in [-0.39, 0.29) is 5.41 Å². The molecule has 0 aliphatic carbocycles. The van der Waals surface area contributed by atoms with Gasteiger partial charge in [0.25, 0.3) is 0 Å². The van der Waals surface area contributed by atoms with Gasteiger partial charge in [0, 0.05) is 33.5 Å². The molecule has 1 fully saturated rings. The average molecular weight is 453 g/mol. The fourth-order valence-electron chi connectivity index (χ4n) is 4.62. The van der Waals surface area contributed by atoms with Gasteiger partial charge in [-0.1, -0.05) is 24.3 Å². The summed E-state index contributed by atoms with van der Waals surface area (Å²) in [6, 6.07) is 16.1. The number of halogens is 1. The smallest absolute Gasteiger partial charge is 0.0885 e. The van der Waals surface area contributed by atoms with Gasteiger partial charge in [-0.25, -0.2) is 0 Å². The molecule has 3 aliphatic heterocycles. The van der Waals surface area contributed by atoms with E-state index in [0.29, 0.717) is 0 Å². The predicted octanol–water partition coefficient (Wildman–Crippen LogP) is 4.64. The van der Waals surface area contributed by atoms with Gasteiger partial charge in [0.1, 0.15) is 0 Å². The summed E-state index contributed by atoms with van der Waals surface area (Å²) in [6.45, 7) is 3.37. The van der Waals surface area contributed by atoms with E-state index in [4.69, 9.17) is 0 Å². The van der Waals surface area contributed by atoms with Crippen molar-refractivity contribution < 1.29 is 0 Å². The molecule has 4 heteroatoms. The van der Waals surface area contributed by atoms with Crippen LogP contribution in [-0.2, 0) is 12.0 Å². The van der Waals surface area contributed by atoms with Crippen molar-refractivity contribution in [1.29, 1.82) is 0 Å². The Morgan fingerprint density at radius 3 is 2.50 bits per heavy atom. The van der Waals surface area contributed by atoms with Crippen LogP contribution in [0.1, 0.15) is 29.5 Å². The van der Waals surface area contributed by atoms with E-state index >= 15 is 0 Å². The number of nitrogens with zero attached hydrogens (tertiary/aromatic N) is 3. The summed E-state index contributed by atoms with van der Waals surface area (Å²) < 4.78 is 1.30. The van der Waals surface area contributed by atoms with Crippen LogP contribution < -0.4 is 0 Å². The second kappa shape index (κ2) is 6.43. The van der Waals surface area contributed by atoms with Gasteiger partial charge in [0.2, 0.25) is 0 Å². The predicted molar refractivity (Wildman–Crippen MR) is 112 cm³/mol. The van der Waals surface area contributed by atoms with E-state index < -0.39 is 0 Å². The Morgan fingerprint density at radius 1 is 0.962 bits per heavy atom. The minimum atomic E-state index is 0.146. The average Bonchev–Trinajstić information content (AvgIpc) is 2.95. The maximum absolute atomic E-state index is 4.48. The molecule has 4 heterocycles. The van der Waals surface area contributed by atoms with Crippen molar-refractivity contribution in [2.24, 2.45) is 0 Å². The van der Waals surface area contributed by atoms with Crippen LogP contribution in [0.3, 0.4) is 0 Å². The SMILES string of the molecule is Ic1ccc(C23CCN(CC2)Cc2cc(-c4cnccn4)ccc23)cc1. The topological polar surface area (TPSA) is 29.0 Å². The van der Waals surface area contributed by atoms with E-state index in [2.05, 4.69) is 79.9 Å². The van der Waals surface area contributed by atoms with Gasteiger partial charge in [-0.15, -0.1) is 0 Å². The minimum Gasteiger partial charge on any atom is -0.299 e. The monoisotopic (exact) mass is 453 g/mol. The van der Waals surface area contributed by atoms with Crippen LogP contribution in [0.15, 0.2) is 61.1 Å². The van der Waals surface area contributed by atoms with Gasteiger partial charge in [0.15, 0.2) is 0 Å². The van der Waals surface area contributed by atoms with Gasteiger partial charge >= 0.3 is 0 Å². The molecule has 0 atom stereocenters. The highest BCUT2D eigenvalue weighted by atomic mass is 127. The van der Waals surface area contributed by atoms with Crippen LogP contribution in [0.4, 0.5) is 0 Å². The summed E-state index contributed by atoms with van der Waals surface area (Å²) >= 11 is 2.39. The minimum absolute atomic E-state index is 0.146. The largest absolute Gasteiger partial charge is 0.299 e. The number of aromatic nitrogens is 2. The molecule has 0 N–H and O–H groups in total. The van der Waals surface area contributed by atoms with Crippen molar-refractivity contribution in [2.45, 2.75) is 24.8 Å². The third-order valence-electron chi connectivity index (χ3n) is 5.98. The van der Waals surface area contributed by atoms with Crippen molar-refractivity contribution in [3.8, 4) is 11.3 Å². The first kappa shape index (κ1) is 16.4. The molecule has 1 aromatic heterocycles. The van der Waals surface area contributed by atoms with Gasteiger partial charge < -0.3 is 0 Å². The van der Waals surface area contributed by atoms with Crippen molar-refractivity contribution >= 4 is 22.6 Å². The summed E-state index contributed by atoms with van der Waals surface area (Å²) in [5, 5.41) is 0. The molecule has 2 aromatic carbocycles. The fourth-order valence-corrected chi connectivity index (χ4v) is 4.97. The molecule has 0 radical (unpaired) electrons. The zero-order chi connectivity index (χ0) is 17.6. The van der Waals surface area contributed by atoms with E-state index in [1.54, 1.807) is 12.4 Å².